The zero-order valence-corrected chi connectivity index (χ0v) is 15.5. The normalized spacial score (nSPS) is 30.8. The van der Waals surface area contributed by atoms with Crippen molar-refractivity contribution < 1.29 is 9.47 Å². The predicted octanol–water partition coefficient (Wildman–Crippen LogP) is 2.74. The van der Waals surface area contributed by atoms with E-state index in [4.69, 9.17) is 9.47 Å². The summed E-state index contributed by atoms with van der Waals surface area (Å²) in [7, 11) is 0. The summed E-state index contributed by atoms with van der Waals surface area (Å²) in [5, 5.41) is 3.77. The van der Waals surface area contributed by atoms with Gasteiger partial charge in [0, 0.05) is 43.9 Å². The van der Waals surface area contributed by atoms with Crippen LogP contribution in [-0.4, -0.2) is 49.5 Å². The van der Waals surface area contributed by atoms with Crippen LogP contribution >= 0.6 is 0 Å². The largest absolute Gasteiger partial charge is 0.378 e. The van der Waals surface area contributed by atoms with Crippen molar-refractivity contribution in [3.8, 4) is 0 Å². The second-order valence-electron chi connectivity index (χ2n) is 7.85. The van der Waals surface area contributed by atoms with E-state index in [0.29, 0.717) is 17.6 Å². The molecule has 0 unspecified atom stereocenters. The monoisotopic (exact) mass is 345 g/mol. The molecule has 3 aliphatic rings. The zero-order valence-electron chi connectivity index (χ0n) is 15.5. The number of hydrogen-bond acceptors (Lipinski definition) is 5. The Morgan fingerprint density at radius 1 is 1.40 bits per heavy atom. The fourth-order valence-corrected chi connectivity index (χ4v) is 4.70. The van der Waals surface area contributed by atoms with Crippen LogP contribution in [0.1, 0.15) is 45.1 Å². The highest BCUT2D eigenvalue weighted by Gasteiger charge is 2.58. The minimum Gasteiger partial charge on any atom is -0.378 e. The number of pyridine rings is 1. The predicted molar refractivity (Wildman–Crippen MR) is 98.8 cm³/mol. The second kappa shape index (κ2) is 7.22. The standard InChI is InChI=1S/C20H31N3O2/c1-3-24-18-11-17(20(18)7-4-8-20)21-12-16-5-6-19(22-13-16)23-9-10-25-15(2)14-23/h5-6,13,15,17-18,21H,3-4,7-12,14H2,1-2H3/t15-,17-,18+/m0/s1. The molecule has 3 atom stereocenters. The molecule has 1 spiro atoms. The highest BCUT2D eigenvalue weighted by atomic mass is 16.5. The van der Waals surface area contributed by atoms with Crippen molar-refractivity contribution in [3.63, 3.8) is 0 Å². The van der Waals surface area contributed by atoms with Gasteiger partial charge in [0.1, 0.15) is 5.82 Å². The number of ether oxygens (including phenoxy) is 2. The summed E-state index contributed by atoms with van der Waals surface area (Å²) < 4.78 is 11.6. The molecule has 4 rings (SSSR count). The van der Waals surface area contributed by atoms with Gasteiger partial charge in [-0.3, -0.25) is 0 Å². The zero-order chi connectivity index (χ0) is 17.3. The average Bonchev–Trinajstić information content (AvgIpc) is 2.56. The molecule has 3 fully saturated rings. The molecule has 1 aromatic rings. The molecule has 0 aromatic carbocycles. The third kappa shape index (κ3) is 3.29. The van der Waals surface area contributed by atoms with Crippen LogP contribution in [0.3, 0.4) is 0 Å². The lowest BCUT2D eigenvalue weighted by atomic mass is 9.51. The Bertz CT molecular complexity index is 573. The van der Waals surface area contributed by atoms with Crippen LogP contribution in [0.15, 0.2) is 18.3 Å². The molecular weight excluding hydrogens is 314 g/mol. The SMILES string of the molecule is CCO[C@@H]1C[C@H](NCc2ccc(N3CCO[C@@H](C)C3)nc2)C12CCC2. The quantitative estimate of drug-likeness (QED) is 0.859. The highest BCUT2D eigenvalue weighted by molar-refractivity contribution is 5.40. The highest BCUT2D eigenvalue weighted by Crippen LogP contribution is 2.57. The van der Waals surface area contributed by atoms with Gasteiger partial charge in [0.25, 0.3) is 0 Å². The maximum absolute atomic E-state index is 5.94. The first-order chi connectivity index (χ1) is 12.2. The number of nitrogens with zero attached hydrogens (tertiary/aromatic N) is 2. The van der Waals surface area contributed by atoms with E-state index in [2.05, 4.69) is 41.2 Å². The maximum atomic E-state index is 5.94. The number of nitrogens with one attached hydrogen (secondary N) is 1. The third-order valence-corrected chi connectivity index (χ3v) is 6.36. The first-order valence-electron chi connectivity index (χ1n) is 9.88. The van der Waals surface area contributed by atoms with Gasteiger partial charge in [-0.1, -0.05) is 12.5 Å². The van der Waals surface area contributed by atoms with Crippen LogP contribution < -0.4 is 10.2 Å². The van der Waals surface area contributed by atoms with Crippen molar-refractivity contribution in [1.82, 2.24) is 10.3 Å². The first-order valence-corrected chi connectivity index (χ1v) is 9.88. The van der Waals surface area contributed by atoms with Crippen LogP contribution in [0.25, 0.3) is 0 Å². The maximum Gasteiger partial charge on any atom is 0.128 e. The summed E-state index contributed by atoms with van der Waals surface area (Å²) in [5.74, 6) is 1.06. The Balaban J connectivity index is 1.30. The van der Waals surface area contributed by atoms with Crippen molar-refractivity contribution >= 4 is 5.82 Å². The molecule has 0 amide bonds. The van der Waals surface area contributed by atoms with E-state index in [-0.39, 0.29) is 6.10 Å². The van der Waals surface area contributed by atoms with Gasteiger partial charge in [-0.05, 0) is 44.7 Å². The van der Waals surface area contributed by atoms with Gasteiger partial charge < -0.3 is 19.7 Å². The number of hydrogen-bond donors (Lipinski definition) is 1. The van der Waals surface area contributed by atoms with E-state index >= 15 is 0 Å². The fraction of sp³-hybridized carbons (Fsp3) is 0.750. The van der Waals surface area contributed by atoms with Crippen molar-refractivity contribution in [2.75, 3.05) is 31.2 Å². The summed E-state index contributed by atoms with van der Waals surface area (Å²) >= 11 is 0. The number of morpholine rings is 1. The van der Waals surface area contributed by atoms with Crippen molar-refractivity contribution in [2.24, 2.45) is 5.41 Å². The minimum absolute atomic E-state index is 0.285. The van der Waals surface area contributed by atoms with Gasteiger partial charge >= 0.3 is 0 Å². The van der Waals surface area contributed by atoms with Crippen molar-refractivity contribution in [1.29, 1.82) is 0 Å². The van der Waals surface area contributed by atoms with Crippen LogP contribution in [0.2, 0.25) is 0 Å². The topological polar surface area (TPSA) is 46.6 Å². The summed E-state index contributed by atoms with van der Waals surface area (Å²) in [5.41, 5.74) is 1.69. The van der Waals surface area contributed by atoms with Gasteiger partial charge in [0.2, 0.25) is 0 Å². The van der Waals surface area contributed by atoms with Gasteiger partial charge in [-0.15, -0.1) is 0 Å². The molecule has 1 aliphatic heterocycles. The molecule has 1 aromatic heterocycles. The van der Waals surface area contributed by atoms with Gasteiger partial charge in [0.15, 0.2) is 0 Å². The van der Waals surface area contributed by atoms with Gasteiger partial charge in [0.05, 0.1) is 18.8 Å². The van der Waals surface area contributed by atoms with E-state index in [9.17, 15) is 0 Å². The Kier molecular flexibility index (Phi) is 4.98. The van der Waals surface area contributed by atoms with E-state index in [1.807, 2.05) is 6.20 Å². The minimum atomic E-state index is 0.285. The summed E-state index contributed by atoms with van der Waals surface area (Å²) in [6, 6.07) is 4.97. The molecule has 1 saturated heterocycles. The molecule has 0 bridgehead atoms. The summed E-state index contributed by atoms with van der Waals surface area (Å²) in [4.78, 5) is 6.99. The lowest BCUT2D eigenvalue weighted by Crippen LogP contribution is -2.66. The fourth-order valence-electron chi connectivity index (χ4n) is 4.70. The average molecular weight is 345 g/mol. The molecule has 5 heteroatoms. The molecular formula is C20H31N3O2. The smallest absolute Gasteiger partial charge is 0.128 e. The second-order valence-corrected chi connectivity index (χ2v) is 7.85. The molecule has 25 heavy (non-hydrogen) atoms. The number of aromatic nitrogens is 1. The van der Waals surface area contributed by atoms with Crippen molar-refractivity contribution in [2.45, 2.75) is 64.3 Å². The Hall–Kier alpha value is -1.17. The summed E-state index contributed by atoms with van der Waals surface area (Å²) in [6.07, 6.45) is 7.94. The molecule has 2 aliphatic carbocycles. The van der Waals surface area contributed by atoms with E-state index < -0.39 is 0 Å². The first kappa shape index (κ1) is 17.3. The van der Waals surface area contributed by atoms with Crippen molar-refractivity contribution in [3.05, 3.63) is 23.9 Å². The van der Waals surface area contributed by atoms with E-state index in [1.165, 1.54) is 24.8 Å². The van der Waals surface area contributed by atoms with E-state index in [0.717, 1.165) is 45.1 Å². The van der Waals surface area contributed by atoms with Crippen LogP contribution in [-0.2, 0) is 16.0 Å². The molecule has 138 valence electrons. The van der Waals surface area contributed by atoms with Gasteiger partial charge in [-0.25, -0.2) is 4.98 Å². The lowest BCUT2D eigenvalue weighted by Gasteiger charge is -2.61. The molecule has 1 N–H and O–H groups in total. The molecule has 0 radical (unpaired) electrons. The van der Waals surface area contributed by atoms with Crippen LogP contribution in [0, 0.1) is 5.41 Å². The van der Waals surface area contributed by atoms with Gasteiger partial charge in [-0.2, -0.15) is 0 Å². The molecule has 5 nitrogen and oxygen atoms in total. The molecule has 2 saturated carbocycles. The summed E-state index contributed by atoms with van der Waals surface area (Å²) in [6.45, 7) is 8.61. The van der Waals surface area contributed by atoms with E-state index in [1.54, 1.807) is 0 Å². The Labute approximate surface area is 151 Å². The third-order valence-electron chi connectivity index (χ3n) is 6.36. The Morgan fingerprint density at radius 3 is 2.92 bits per heavy atom. The molecule has 2 heterocycles. The lowest BCUT2D eigenvalue weighted by molar-refractivity contribution is -0.173. The Morgan fingerprint density at radius 2 is 2.28 bits per heavy atom. The number of anilines is 1. The number of rotatable bonds is 6. The van der Waals surface area contributed by atoms with Crippen LogP contribution in [0.5, 0.6) is 0 Å². The van der Waals surface area contributed by atoms with Crippen LogP contribution in [0.4, 0.5) is 5.82 Å².